The van der Waals surface area contributed by atoms with E-state index < -0.39 is 0 Å². The van der Waals surface area contributed by atoms with Crippen molar-refractivity contribution in [2.75, 3.05) is 4.90 Å². The largest absolute Gasteiger partial charge is 0.310 e. The number of rotatable bonds is 7. The summed E-state index contributed by atoms with van der Waals surface area (Å²) in [6.07, 6.45) is 0. The molecule has 0 unspecified atom stereocenters. The summed E-state index contributed by atoms with van der Waals surface area (Å²) in [7, 11) is 0. The van der Waals surface area contributed by atoms with Gasteiger partial charge in [0.25, 0.3) is 0 Å². The van der Waals surface area contributed by atoms with Crippen LogP contribution in [0.25, 0.3) is 86.6 Å². The Morgan fingerprint density at radius 1 is 0.333 bits per heavy atom. The van der Waals surface area contributed by atoms with Crippen molar-refractivity contribution in [2.45, 2.75) is 19.3 Å². The number of thiophene rings is 1. The summed E-state index contributed by atoms with van der Waals surface area (Å²) < 4.78 is 2.61. The van der Waals surface area contributed by atoms with Gasteiger partial charge in [0.15, 0.2) is 0 Å². The van der Waals surface area contributed by atoms with Gasteiger partial charge in [-0.05, 0) is 144 Å². The van der Waals surface area contributed by atoms with Crippen molar-refractivity contribution in [3.63, 3.8) is 0 Å². The van der Waals surface area contributed by atoms with Gasteiger partial charge in [0.05, 0.1) is 0 Å². The van der Waals surface area contributed by atoms with E-state index in [1.54, 1.807) is 0 Å². The first-order valence-electron chi connectivity index (χ1n) is 21.8. The number of hydrogen-bond donors (Lipinski definition) is 0. The van der Waals surface area contributed by atoms with Crippen LogP contribution in [-0.4, -0.2) is 0 Å². The van der Waals surface area contributed by atoms with Gasteiger partial charge in [-0.1, -0.05) is 172 Å². The third-order valence-corrected chi connectivity index (χ3v) is 14.4. The number of benzene rings is 10. The highest BCUT2D eigenvalue weighted by Gasteiger charge is 2.37. The maximum Gasteiger partial charge on any atom is 0.0468 e. The summed E-state index contributed by atoms with van der Waals surface area (Å²) in [5.74, 6) is 0. The molecule has 12 rings (SSSR count). The third kappa shape index (κ3) is 6.37. The van der Waals surface area contributed by atoms with Crippen LogP contribution in [0.3, 0.4) is 0 Å². The second kappa shape index (κ2) is 14.8. The van der Waals surface area contributed by atoms with Gasteiger partial charge in [-0.2, -0.15) is 0 Å². The second-order valence-electron chi connectivity index (χ2n) is 17.3. The topological polar surface area (TPSA) is 3.24 Å². The van der Waals surface area contributed by atoms with Crippen molar-refractivity contribution in [2.24, 2.45) is 0 Å². The van der Waals surface area contributed by atoms with Gasteiger partial charge in [-0.3, -0.25) is 0 Å². The molecular formula is C61H43NS. The number of nitrogens with zero attached hydrogens (tertiary/aromatic N) is 1. The Kier molecular flexibility index (Phi) is 8.77. The number of fused-ring (bicyclic) bond motifs is 7. The highest BCUT2D eigenvalue weighted by molar-refractivity contribution is 7.25. The summed E-state index contributed by atoms with van der Waals surface area (Å²) in [6, 6.07) is 82.8. The SMILES string of the molecule is CC1(C)c2ccccc2-c2cccc(-c3ccc(N(c4ccc(-c5cccc(-c6cccc(-c7ccc8ccccc8c7)c6)c5)cc4)c4ccc5sc6ccccc6c5c4)cc3)c21. The molecule has 0 aliphatic heterocycles. The van der Waals surface area contributed by atoms with Gasteiger partial charge in [0.1, 0.15) is 0 Å². The first-order valence-corrected chi connectivity index (χ1v) is 22.6. The van der Waals surface area contributed by atoms with Crippen molar-refractivity contribution < 1.29 is 0 Å². The maximum absolute atomic E-state index is 2.41. The predicted molar refractivity (Wildman–Crippen MR) is 271 cm³/mol. The van der Waals surface area contributed by atoms with Crippen molar-refractivity contribution in [1.82, 2.24) is 0 Å². The van der Waals surface area contributed by atoms with Crippen molar-refractivity contribution in [3.8, 4) is 55.6 Å². The number of anilines is 3. The van der Waals surface area contributed by atoms with Crippen LogP contribution in [-0.2, 0) is 5.41 Å². The van der Waals surface area contributed by atoms with Gasteiger partial charge in [-0.25, -0.2) is 0 Å². The van der Waals surface area contributed by atoms with Crippen molar-refractivity contribution >= 4 is 59.3 Å². The zero-order valence-corrected chi connectivity index (χ0v) is 36.0. The molecule has 0 amide bonds. The van der Waals surface area contributed by atoms with E-state index in [2.05, 4.69) is 243 Å². The summed E-state index contributed by atoms with van der Waals surface area (Å²) >= 11 is 1.86. The van der Waals surface area contributed by atoms with Crippen LogP contribution in [0.5, 0.6) is 0 Å². The molecule has 0 saturated carbocycles. The average Bonchev–Trinajstić information content (AvgIpc) is 3.83. The van der Waals surface area contributed by atoms with E-state index >= 15 is 0 Å². The predicted octanol–water partition coefficient (Wildman–Crippen LogP) is 17.7. The highest BCUT2D eigenvalue weighted by Crippen LogP contribution is 2.52. The van der Waals surface area contributed by atoms with E-state index in [9.17, 15) is 0 Å². The third-order valence-electron chi connectivity index (χ3n) is 13.2. The minimum Gasteiger partial charge on any atom is -0.310 e. The van der Waals surface area contributed by atoms with Gasteiger partial charge < -0.3 is 4.90 Å². The molecule has 0 bridgehead atoms. The minimum atomic E-state index is -0.0882. The lowest BCUT2D eigenvalue weighted by Gasteiger charge is -2.27. The molecule has 298 valence electrons. The van der Waals surface area contributed by atoms with Gasteiger partial charge >= 0.3 is 0 Å². The van der Waals surface area contributed by atoms with Crippen LogP contribution < -0.4 is 4.90 Å². The van der Waals surface area contributed by atoms with Gasteiger partial charge in [0.2, 0.25) is 0 Å². The Balaban J connectivity index is 0.907. The normalized spacial score (nSPS) is 12.7. The fourth-order valence-electron chi connectivity index (χ4n) is 10.1. The van der Waals surface area contributed by atoms with Crippen LogP contribution in [0.2, 0.25) is 0 Å². The summed E-state index contributed by atoms with van der Waals surface area (Å²) in [4.78, 5) is 2.41. The molecule has 0 N–H and O–H groups in total. The van der Waals surface area contributed by atoms with Crippen LogP contribution >= 0.6 is 11.3 Å². The average molecular weight is 822 g/mol. The monoisotopic (exact) mass is 821 g/mol. The molecule has 1 heterocycles. The molecule has 1 aromatic heterocycles. The Bertz CT molecular complexity index is 3540. The molecule has 1 nitrogen and oxygen atoms in total. The molecule has 63 heavy (non-hydrogen) atoms. The molecule has 0 saturated heterocycles. The Morgan fingerprint density at radius 2 is 0.857 bits per heavy atom. The fraction of sp³-hybridized carbons (Fsp3) is 0.0492. The van der Waals surface area contributed by atoms with Crippen LogP contribution in [0.15, 0.2) is 224 Å². The molecule has 2 heteroatoms. The molecule has 10 aromatic carbocycles. The van der Waals surface area contributed by atoms with E-state index in [0.717, 1.165) is 17.1 Å². The molecule has 0 radical (unpaired) electrons. The minimum absolute atomic E-state index is 0.0882. The zero-order valence-electron chi connectivity index (χ0n) is 35.2. The zero-order chi connectivity index (χ0) is 42.1. The Morgan fingerprint density at radius 3 is 1.60 bits per heavy atom. The van der Waals surface area contributed by atoms with E-state index in [-0.39, 0.29) is 5.41 Å². The van der Waals surface area contributed by atoms with Crippen molar-refractivity contribution in [1.29, 1.82) is 0 Å². The lowest BCUT2D eigenvalue weighted by Crippen LogP contribution is -2.16. The standard InChI is InChI=1S/C61H43NS/c1-61(2)57-22-7-5-18-53(57)55-21-11-20-52(60(55)61)42-28-32-50(33-29-42)62(51-34-35-59-56(39-51)54-19-6-8-23-58(54)63-59)49-30-26-41(27-31-49)44-14-9-15-45(36-44)46-16-10-17-47(38-46)48-25-24-40-12-3-4-13-43(40)37-48/h3-39H,1-2H3. The summed E-state index contributed by atoms with van der Waals surface area (Å²) in [6.45, 7) is 4.73. The molecule has 1 aliphatic rings. The Labute approximate surface area is 372 Å². The smallest absolute Gasteiger partial charge is 0.0468 e. The molecule has 0 spiro atoms. The first-order chi connectivity index (χ1) is 31.0. The van der Waals surface area contributed by atoms with Gasteiger partial charge in [-0.15, -0.1) is 11.3 Å². The Hall–Kier alpha value is -7.52. The molecule has 0 fully saturated rings. The van der Waals surface area contributed by atoms with Crippen LogP contribution in [0.1, 0.15) is 25.0 Å². The lowest BCUT2D eigenvalue weighted by atomic mass is 9.79. The highest BCUT2D eigenvalue weighted by atomic mass is 32.1. The van der Waals surface area contributed by atoms with Gasteiger partial charge in [0, 0.05) is 42.6 Å². The quantitative estimate of drug-likeness (QED) is 0.155. The second-order valence-corrected chi connectivity index (χ2v) is 18.4. The first kappa shape index (κ1) is 37.3. The van der Waals surface area contributed by atoms with E-state index in [0.29, 0.717) is 0 Å². The summed E-state index contributed by atoms with van der Waals surface area (Å²) in [5.41, 5.74) is 18.5. The lowest BCUT2D eigenvalue weighted by molar-refractivity contribution is 0.662. The molecule has 11 aromatic rings. The molecule has 0 atom stereocenters. The fourth-order valence-corrected chi connectivity index (χ4v) is 11.2. The maximum atomic E-state index is 2.41. The van der Waals surface area contributed by atoms with E-state index in [1.807, 2.05) is 11.3 Å². The molecular weight excluding hydrogens is 779 g/mol. The number of hydrogen-bond acceptors (Lipinski definition) is 2. The summed E-state index contributed by atoms with van der Waals surface area (Å²) in [5, 5.41) is 5.10. The molecule has 1 aliphatic carbocycles. The van der Waals surface area contributed by atoms with E-state index in [4.69, 9.17) is 0 Å². The van der Waals surface area contributed by atoms with Crippen molar-refractivity contribution in [3.05, 3.63) is 236 Å². The van der Waals surface area contributed by atoms with Crippen LogP contribution in [0.4, 0.5) is 17.1 Å². The van der Waals surface area contributed by atoms with Crippen LogP contribution in [0, 0.1) is 0 Å². The van der Waals surface area contributed by atoms with E-state index in [1.165, 1.54) is 97.7 Å².